The van der Waals surface area contributed by atoms with Crippen molar-refractivity contribution >= 4 is 10.0 Å². The molecule has 0 radical (unpaired) electrons. The smallest absolute Gasteiger partial charge is 0.212 e. The van der Waals surface area contributed by atoms with Gasteiger partial charge in [-0.3, -0.25) is 0 Å². The number of rotatable bonds is 8. The molecule has 0 spiro atoms. The van der Waals surface area contributed by atoms with E-state index >= 15 is 0 Å². The van der Waals surface area contributed by atoms with E-state index in [0.717, 1.165) is 26.2 Å². The Morgan fingerprint density at radius 1 is 1.12 bits per heavy atom. The first-order valence-electron chi connectivity index (χ1n) is 6.54. The van der Waals surface area contributed by atoms with E-state index in [1.165, 1.54) is 19.3 Å². The summed E-state index contributed by atoms with van der Waals surface area (Å²) in [5.41, 5.74) is 0. The van der Waals surface area contributed by atoms with Gasteiger partial charge in [0.1, 0.15) is 0 Å². The second kappa shape index (κ2) is 8.02. The molecule has 102 valence electrons. The number of hydrogen-bond donors (Lipinski definition) is 2. The molecule has 0 atom stereocenters. The van der Waals surface area contributed by atoms with Crippen LogP contribution in [0.1, 0.15) is 26.2 Å². The van der Waals surface area contributed by atoms with Crippen molar-refractivity contribution in [2.24, 2.45) is 0 Å². The van der Waals surface area contributed by atoms with Crippen molar-refractivity contribution in [2.75, 3.05) is 45.0 Å². The number of nitrogens with one attached hydrogen (secondary N) is 2. The Hall–Kier alpha value is -0.170. The highest BCUT2D eigenvalue weighted by Crippen LogP contribution is 2.07. The average molecular weight is 263 g/mol. The maximum atomic E-state index is 11.6. The summed E-state index contributed by atoms with van der Waals surface area (Å²) in [6.07, 6.45) is 3.80. The maximum Gasteiger partial charge on any atom is 0.212 e. The largest absolute Gasteiger partial charge is 0.316 e. The molecule has 1 saturated heterocycles. The van der Waals surface area contributed by atoms with Crippen LogP contribution in [0.2, 0.25) is 0 Å². The van der Waals surface area contributed by atoms with Crippen LogP contribution in [0.3, 0.4) is 0 Å². The summed E-state index contributed by atoms with van der Waals surface area (Å²) in [5, 5.41) is 3.01. The van der Waals surface area contributed by atoms with E-state index in [-0.39, 0.29) is 5.75 Å². The Bertz CT molecular complexity index is 287. The molecule has 2 N–H and O–H groups in total. The van der Waals surface area contributed by atoms with Gasteiger partial charge in [0, 0.05) is 19.6 Å². The Morgan fingerprint density at radius 2 is 1.82 bits per heavy atom. The zero-order valence-electron chi connectivity index (χ0n) is 10.7. The highest BCUT2D eigenvalue weighted by Gasteiger charge is 2.12. The molecule has 1 fully saturated rings. The van der Waals surface area contributed by atoms with Crippen molar-refractivity contribution in [1.29, 1.82) is 0 Å². The fourth-order valence-electron chi connectivity index (χ4n) is 2.00. The Kier molecular flexibility index (Phi) is 7.03. The average Bonchev–Trinajstić information content (AvgIpc) is 2.30. The van der Waals surface area contributed by atoms with Gasteiger partial charge in [-0.05, 0) is 32.5 Å². The molecule has 1 heterocycles. The van der Waals surface area contributed by atoms with Gasteiger partial charge < -0.3 is 10.2 Å². The van der Waals surface area contributed by atoms with Crippen LogP contribution in [0.25, 0.3) is 0 Å². The van der Waals surface area contributed by atoms with E-state index in [1.54, 1.807) is 0 Å². The van der Waals surface area contributed by atoms with Crippen LogP contribution in [0.15, 0.2) is 0 Å². The third kappa shape index (κ3) is 6.98. The predicted molar refractivity (Wildman–Crippen MR) is 70.6 cm³/mol. The summed E-state index contributed by atoms with van der Waals surface area (Å²) in [5.74, 6) is 0.167. The van der Waals surface area contributed by atoms with Gasteiger partial charge in [-0.25, -0.2) is 13.1 Å². The van der Waals surface area contributed by atoms with Gasteiger partial charge in [-0.1, -0.05) is 13.3 Å². The lowest BCUT2D eigenvalue weighted by molar-refractivity contribution is 0.233. The normalized spacial score (nSPS) is 18.4. The second-order valence-electron chi connectivity index (χ2n) is 4.47. The maximum absolute atomic E-state index is 11.6. The molecule has 17 heavy (non-hydrogen) atoms. The molecule has 0 bridgehead atoms. The summed E-state index contributed by atoms with van der Waals surface area (Å²) >= 11 is 0. The van der Waals surface area contributed by atoms with Crippen molar-refractivity contribution in [3.05, 3.63) is 0 Å². The highest BCUT2D eigenvalue weighted by molar-refractivity contribution is 7.89. The lowest BCUT2D eigenvalue weighted by Crippen LogP contribution is -2.39. The Balaban J connectivity index is 2.11. The minimum absolute atomic E-state index is 0.167. The molecule has 0 saturated carbocycles. The molecule has 0 aromatic heterocycles. The minimum Gasteiger partial charge on any atom is -0.316 e. The van der Waals surface area contributed by atoms with Gasteiger partial charge in [0.05, 0.1) is 5.75 Å². The molecule has 1 rings (SSSR count). The first-order chi connectivity index (χ1) is 8.14. The zero-order valence-corrected chi connectivity index (χ0v) is 11.6. The number of nitrogens with zero attached hydrogens (tertiary/aromatic N) is 1. The van der Waals surface area contributed by atoms with Gasteiger partial charge >= 0.3 is 0 Å². The van der Waals surface area contributed by atoms with Gasteiger partial charge in [0.2, 0.25) is 10.0 Å². The van der Waals surface area contributed by atoms with Crippen molar-refractivity contribution in [1.82, 2.24) is 14.9 Å². The third-order valence-corrected chi connectivity index (χ3v) is 4.38. The molecule has 6 heteroatoms. The summed E-state index contributed by atoms with van der Waals surface area (Å²) in [6, 6.07) is 0. The lowest BCUT2D eigenvalue weighted by atomic mass is 10.1. The molecule has 0 aromatic carbocycles. The van der Waals surface area contributed by atoms with E-state index in [9.17, 15) is 8.42 Å². The van der Waals surface area contributed by atoms with Crippen molar-refractivity contribution in [3.8, 4) is 0 Å². The van der Waals surface area contributed by atoms with Crippen LogP contribution >= 0.6 is 0 Å². The molecule has 0 unspecified atom stereocenters. The van der Waals surface area contributed by atoms with Crippen molar-refractivity contribution < 1.29 is 8.42 Å². The molecule has 1 aliphatic rings. The zero-order chi connectivity index (χ0) is 12.6. The van der Waals surface area contributed by atoms with Crippen molar-refractivity contribution in [2.45, 2.75) is 26.2 Å². The van der Waals surface area contributed by atoms with Crippen LogP contribution in [-0.2, 0) is 10.0 Å². The summed E-state index contributed by atoms with van der Waals surface area (Å²) in [6.45, 7) is 6.89. The van der Waals surface area contributed by atoms with Gasteiger partial charge in [-0.2, -0.15) is 0 Å². The second-order valence-corrected chi connectivity index (χ2v) is 6.40. The fourth-order valence-corrected chi connectivity index (χ4v) is 2.96. The quantitative estimate of drug-likeness (QED) is 0.605. The van der Waals surface area contributed by atoms with Crippen molar-refractivity contribution in [3.63, 3.8) is 0 Å². The van der Waals surface area contributed by atoms with Crippen LogP contribution < -0.4 is 10.0 Å². The van der Waals surface area contributed by atoms with E-state index in [0.29, 0.717) is 13.1 Å². The molecule has 0 amide bonds. The van der Waals surface area contributed by atoms with Crippen LogP contribution in [0, 0.1) is 0 Å². The molecule has 0 aromatic rings. The lowest BCUT2D eigenvalue weighted by Gasteiger charge is -2.26. The SMILES string of the molecule is CCNCCS(=O)(=O)NCCN1CCCCC1. The standard InChI is InChI=1S/C11H25N3O2S/c1-2-12-7-11-17(15,16)13-6-10-14-8-4-3-5-9-14/h12-13H,2-11H2,1H3. The first-order valence-corrected chi connectivity index (χ1v) is 8.19. The third-order valence-electron chi connectivity index (χ3n) is 3.00. The summed E-state index contributed by atoms with van der Waals surface area (Å²) in [7, 11) is -3.09. The van der Waals surface area contributed by atoms with E-state index in [1.807, 2.05) is 6.92 Å². The molecule has 1 aliphatic heterocycles. The molecule has 5 nitrogen and oxygen atoms in total. The van der Waals surface area contributed by atoms with Gasteiger partial charge in [-0.15, -0.1) is 0 Å². The topological polar surface area (TPSA) is 61.4 Å². The van der Waals surface area contributed by atoms with Crippen LogP contribution in [0.5, 0.6) is 0 Å². The molecular weight excluding hydrogens is 238 g/mol. The van der Waals surface area contributed by atoms with Crippen LogP contribution in [-0.4, -0.2) is 58.3 Å². The summed E-state index contributed by atoms with van der Waals surface area (Å²) in [4.78, 5) is 2.33. The number of likely N-dealkylation sites (tertiary alicyclic amines) is 1. The number of sulfonamides is 1. The fraction of sp³-hybridized carbons (Fsp3) is 1.00. The van der Waals surface area contributed by atoms with Gasteiger partial charge in [0.15, 0.2) is 0 Å². The monoisotopic (exact) mass is 263 g/mol. The molecule has 0 aliphatic carbocycles. The number of hydrogen-bond acceptors (Lipinski definition) is 4. The van der Waals surface area contributed by atoms with E-state index < -0.39 is 10.0 Å². The molecular formula is C11H25N3O2S. The van der Waals surface area contributed by atoms with E-state index in [2.05, 4.69) is 14.9 Å². The highest BCUT2D eigenvalue weighted by atomic mass is 32.2. The number of piperidine rings is 1. The predicted octanol–water partition coefficient (Wildman–Crippen LogP) is 0.00120. The van der Waals surface area contributed by atoms with Crippen LogP contribution in [0.4, 0.5) is 0 Å². The Morgan fingerprint density at radius 3 is 2.47 bits per heavy atom. The minimum atomic E-state index is -3.09. The Labute approximate surface area is 105 Å². The summed E-state index contributed by atoms with van der Waals surface area (Å²) < 4.78 is 25.8. The van der Waals surface area contributed by atoms with E-state index in [4.69, 9.17) is 0 Å². The van der Waals surface area contributed by atoms with Gasteiger partial charge in [0.25, 0.3) is 0 Å². The first kappa shape index (κ1) is 14.9.